The molecule has 0 aromatic heterocycles. The second-order valence-corrected chi connectivity index (χ2v) is 3.43. The fourth-order valence-corrected chi connectivity index (χ4v) is 1.56. The number of halogens is 1. The number of aliphatic hydroxyl groups excluding tert-OH is 1. The van der Waals surface area contributed by atoms with Crippen molar-refractivity contribution in [3.63, 3.8) is 0 Å². The van der Waals surface area contributed by atoms with Gasteiger partial charge in [-0.1, -0.05) is 6.92 Å². The number of hydrogen-bond donors (Lipinski definition) is 3. The predicted octanol–water partition coefficient (Wildman–Crippen LogP) is 1.09. The summed E-state index contributed by atoms with van der Waals surface area (Å²) in [7, 11) is 1.33. The molecule has 1 aromatic rings. The Morgan fingerprint density at radius 1 is 1.56 bits per heavy atom. The number of methoxy groups -OCH3 is 1. The van der Waals surface area contributed by atoms with Crippen molar-refractivity contribution >= 4 is 0 Å². The minimum absolute atomic E-state index is 0.00738. The Hall–Kier alpha value is -1.33. The second-order valence-electron chi connectivity index (χ2n) is 3.43. The molecule has 90 valence electrons. The Kier molecular flexibility index (Phi) is 4.09. The zero-order valence-corrected chi connectivity index (χ0v) is 9.33. The van der Waals surface area contributed by atoms with Crippen LogP contribution < -0.4 is 10.5 Å². The van der Waals surface area contributed by atoms with Crippen molar-refractivity contribution in [2.45, 2.75) is 19.4 Å². The average Bonchev–Trinajstić information content (AvgIpc) is 2.31. The summed E-state index contributed by atoms with van der Waals surface area (Å²) in [5.74, 6) is -1.45. The number of nitrogens with two attached hydrogens (primary N) is 1. The van der Waals surface area contributed by atoms with Gasteiger partial charge in [0.15, 0.2) is 11.5 Å². The fraction of sp³-hybridized carbons (Fsp3) is 0.455. The third-order valence-electron chi connectivity index (χ3n) is 2.47. The summed E-state index contributed by atoms with van der Waals surface area (Å²) in [5, 5.41) is 19.1. The van der Waals surface area contributed by atoms with Gasteiger partial charge in [0.2, 0.25) is 5.82 Å². The normalized spacial score (nSPS) is 12.6. The molecule has 1 aromatic carbocycles. The van der Waals surface area contributed by atoms with E-state index in [1.807, 2.05) is 6.92 Å². The van der Waals surface area contributed by atoms with Crippen molar-refractivity contribution in [1.82, 2.24) is 0 Å². The Morgan fingerprint density at radius 3 is 2.62 bits per heavy atom. The Morgan fingerprint density at radius 2 is 2.19 bits per heavy atom. The maximum absolute atomic E-state index is 13.7. The summed E-state index contributed by atoms with van der Waals surface area (Å²) in [5.41, 5.74) is 5.95. The van der Waals surface area contributed by atoms with Gasteiger partial charge in [0.05, 0.1) is 13.2 Å². The highest BCUT2D eigenvalue weighted by Gasteiger charge is 2.21. The second kappa shape index (κ2) is 5.14. The first-order valence-electron chi connectivity index (χ1n) is 5.03. The Balaban J connectivity index is 3.38. The van der Waals surface area contributed by atoms with E-state index in [9.17, 15) is 14.6 Å². The van der Waals surface area contributed by atoms with Crippen LogP contribution in [0.3, 0.4) is 0 Å². The zero-order chi connectivity index (χ0) is 12.3. The first-order valence-corrected chi connectivity index (χ1v) is 5.03. The molecule has 0 aliphatic heterocycles. The lowest BCUT2D eigenvalue weighted by Gasteiger charge is -2.16. The highest BCUT2D eigenvalue weighted by Crippen LogP contribution is 2.36. The lowest BCUT2D eigenvalue weighted by Crippen LogP contribution is -2.13. The van der Waals surface area contributed by atoms with Gasteiger partial charge in [-0.25, -0.2) is 0 Å². The molecule has 1 atom stereocenters. The van der Waals surface area contributed by atoms with E-state index in [1.165, 1.54) is 13.2 Å². The maximum Gasteiger partial charge on any atom is 0.207 e. The average molecular weight is 229 g/mol. The lowest BCUT2D eigenvalue weighted by atomic mass is 10.0. The van der Waals surface area contributed by atoms with Crippen LogP contribution in [0.25, 0.3) is 0 Å². The molecule has 0 spiro atoms. The summed E-state index contributed by atoms with van der Waals surface area (Å²) in [6.45, 7) is 1.75. The summed E-state index contributed by atoms with van der Waals surface area (Å²) in [6, 6.07) is 1.51. The molecule has 0 bridgehead atoms. The van der Waals surface area contributed by atoms with Crippen molar-refractivity contribution in [2.75, 3.05) is 13.7 Å². The molecule has 0 fully saturated rings. The van der Waals surface area contributed by atoms with Gasteiger partial charge in [-0.2, -0.15) is 4.39 Å². The van der Waals surface area contributed by atoms with Gasteiger partial charge in [0.1, 0.15) is 0 Å². The molecule has 0 saturated heterocycles. The molecule has 5 heteroatoms. The maximum atomic E-state index is 13.7. The van der Waals surface area contributed by atoms with Gasteiger partial charge in [0.25, 0.3) is 0 Å². The number of phenols is 1. The number of benzene rings is 1. The third-order valence-corrected chi connectivity index (χ3v) is 2.47. The van der Waals surface area contributed by atoms with Crippen LogP contribution in [0.15, 0.2) is 6.07 Å². The highest BCUT2D eigenvalue weighted by atomic mass is 19.1. The van der Waals surface area contributed by atoms with E-state index in [2.05, 4.69) is 0 Å². The van der Waals surface area contributed by atoms with Crippen LogP contribution in [-0.4, -0.2) is 23.9 Å². The van der Waals surface area contributed by atoms with E-state index in [-0.39, 0.29) is 17.9 Å². The topological polar surface area (TPSA) is 75.7 Å². The van der Waals surface area contributed by atoms with Crippen molar-refractivity contribution in [2.24, 2.45) is 5.73 Å². The van der Waals surface area contributed by atoms with Gasteiger partial charge in [-0.15, -0.1) is 0 Å². The molecule has 0 amide bonds. The van der Waals surface area contributed by atoms with Crippen molar-refractivity contribution in [1.29, 1.82) is 0 Å². The monoisotopic (exact) mass is 229 g/mol. The Labute approximate surface area is 93.5 Å². The molecule has 4 nitrogen and oxygen atoms in total. The number of hydrogen-bond acceptors (Lipinski definition) is 4. The minimum Gasteiger partial charge on any atom is -0.504 e. The Bertz CT molecular complexity index is 382. The smallest absolute Gasteiger partial charge is 0.207 e. The van der Waals surface area contributed by atoms with Crippen LogP contribution in [0.2, 0.25) is 0 Å². The van der Waals surface area contributed by atoms with E-state index in [0.717, 1.165) is 0 Å². The molecule has 1 rings (SSSR count). The van der Waals surface area contributed by atoms with Crippen molar-refractivity contribution in [3.05, 3.63) is 23.0 Å². The van der Waals surface area contributed by atoms with E-state index in [0.29, 0.717) is 12.0 Å². The van der Waals surface area contributed by atoms with E-state index in [1.54, 1.807) is 0 Å². The van der Waals surface area contributed by atoms with E-state index in [4.69, 9.17) is 10.5 Å². The standard InChI is InChI=1S/C11H16FNO3/c1-3-6-4-7(8(14)5-13)10(15)9(12)11(6)16-2/h4,8,14-15H,3,5,13H2,1-2H3. The number of aromatic hydroxyl groups is 1. The largest absolute Gasteiger partial charge is 0.504 e. The molecule has 4 N–H and O–H groups in total. The first kappa shape index (κ1) is 12.7. The molecule has 1 unspecified atom stereocenters. The molecule has 16 heavy (non-hydrogen) atoms. The third kappa shape index (κ3) is 2.10. The van der Waals surface area contributed by atoms with Crippen LogP contribution >= 0.6 is 0 Å². The molecular weight excluding hydrogens is 213 g/mol. The van der Waals surface area contributed by atoms with Crippen LogP contribution in [0.4, 0.5) is 4.39 Å². The summed E-state index contributed by atoms with van der Waals surface area (Å²) in [4.78, 5) is 0. The molecule has 0 heterocycles. The van der Waals surface area contributed by atoms with Crippen molar-refractivity contribution < 1.29 is 19.3 Å². The summed E-state index contributed by atoms with van der Waals surface area (Å²) >= 11 is 0. The number of aliphatic hydroxyl groups is 1. The molecule has 0 aliphatic carbocycles. The van der Waals surface area contributed by atoms with Crippen LogP contribution in [0.1, 0.15) is 24.2 Å². The molecular formula is C11H16FNO3. The summed E-state index contributed by atoms with van der Waals surface area (Å²) < 4.78 is 18.5. The van der Waals surface area contributed by atoms with E-state index >= 15 is 0 Å². The molecule has 0 saturated carbocycles. The van der Waals surface area contributed by atoms with Gasteiger partial charge in [-0.3, -0.25) is 0 Å². The van der Waals surface area contributed by atoms with Gasteiger partial charge < -0.3 is 20.7 Å². The zero-order valence-electron chi connectivity index (χ0n) is 9.33. The highest BCUT2D eigenvalue weighted by molar-refractivity contribution is 5.48. The number of aryl methyl sites for hydroxylation is 1. The quantitative estimate of drug-likeness (QED) is 0.722. The van der Waals surface area contributed by atoms with Crippen molar-refractivity contribution in [3.8, 4) is 11.5 Å². The van der Waals surface area contributed by atoms with Gasteiger partial charge in [-0.05, 0) is 18.1 Å². The summed E-state index contributed by atoms with van der Waals surface area (Å²) in [6.07, 6.45) is -0.546. The number of phenolic OH excluding ortho intramolecular Hbond substituents is 1. The van der Waals surface area contributed by atoms with Gasteiger partial charge in [0, 0.05) is 12.1 Å². The molecule has 0 radical (unpaired) electrons. The number of ether oxygens (including phenoxy) is 1. The fourth-order valence-electron chi connectivity index (χ4n) is 1.56. The molecule has 0 aliphatic rings. The SMILES string of the molecule is CCc1cc(C(O)CN)c(O)c(F)c1OC. The van der Waals surface area contributed by atoms with Crippen LogP contribution in [0, 0.1) is 5.82 Å². The lowest BCUT2D eigenvalue weighted by molar-refractivity contribution is 0.181. The minimum atomic E-state index is -1.08. The van der Waals surface area contributed by atoms with Crippen LogP contribution in [-0.2, 0) is 6.42 Å². The van der Waals surface area contributed by atoms with Gasteiger partial charge >= 0.3 is 0 Å². The first-order chi connectivity index (χ1) is 7.56. The van der Waals surface area contributed by atoms with Crippen LogP contribution in [0.5, 0.6) is 11.5 Å². The van der Waals surface area contributed by atoms with E-state index < -0.39 is 17.7 Å². The predicted molar refractivity (Wildman–Crippen MR) is 58.0 cm³/mol. The number of rotatable bonds is 4.